The van der Waals surface area contributed by atoms with Gasteiger partial charge in [-0.25, -0.2) is 13.4 Å². The van der Waals surface area contributed by atoms with E-state index in [0.717, 1.165) is 5.56 Å². The first-order valence-electron chi connectivity index (χ1n) is 8.48. The number of amides is 1. The number of piperazine rings is 1. The Morgan fingerprint density at radius 3 is 2.44 bits per heavy atom. The molecule has 9 heteroatoms. The van der Waals surface area contributed by atoms with Crippen LogP contribution in [0, 0.1) is 0 Å². The molecule has 0 bridgehead atoms. The van der Waals surface area contributed by atoms with Crippen molar-refractivity contribution >= 4 is 39.3 Å². The van der Waals surface area contributed by atoms with Crippen molar-refractivity contribution in [1.29, 1.82) is 0 Å². The van der Waals surface area contributed by atoms with Gasteiger partial charge in [-0.15, -0.1) is 0 Å². The molecule has 1 aliphatic rings. The van der Waals surface area contributed by atoms with E-state index in [1.54, 1.807) is 35.4 Å². The predicted octanol–water partition coefficient (Wildman–Crippen LogP) is 2.50. The van der Waals surface area contributed by atoms with E-state index in [1.807, 2.05) is 18.2 Å². The Hall–Kier alpha value is -1.61. The molecular formula is C18H20ClN3O3S2. The second kappa shape index (κ2) is 9.05. The first kappa shape index (κ1) is 20.1. The molecular weight excluding hydrogens is 406 g/mol. The van der Waals surface area contributed by atoms with Crippen LogP contribution >= 0.6 is 23.4 Å². The van der Waals surface area contributed by atoms with Crippen LogP contribution in [-0.4, -0.2) is 60.4 Å². The van der Waals surface area contributed by atoms with Crippen molar-refractivity contribution in [2.75, 3.05) is 31.9 Å². The second-order valence-electron chi connectivity index (χ2n) is 6.10. The normalized spacial score (nSPS) is 15.7. The van der Waals surface area contributed by atoms with Crippen LogP contribution in [0.5, 0.6) is 0 Å². The lowest BCUT2D eigenvalue weighted by Gasteiger charge is -2.34. The van der Waals surface area contributed by atoms with Crippen molar-refractivity contribution in [2.45, 2.75) is 10.8 Å². The number of rotatable bonds is 6. The second-order valence-corrected chi connectivity index (χ2v) is 9.44. The van der Waals surface area contributed by atoms with Crippen LogP contribution in [0.15, 0.2) is 53.7 Å². The van der Waals surface area contributed by atoms with Gasteiger partial charge in [0.25, 0.3) is 0 Å². The van der Waals surface area contributed by atoms with Gasteiger partial charge in [0.2, 0.25) is 15.9 Å². The number of sulfonamides is 1. The van der Waals surface area contributed by atoms with Crippen molar-refractivity contribution in [3.63, 3.8) is 0 Å². The van der Waals surface area contributed by atoms with Gasteiger partial charge >= 0.3 is 0 Å². The van der Waals surface area contributed by atoms with Crippen LogP contribution in [-0.2, 0) is 20.6 Å². The number of carbonyl (C=O) groups is 1. The fraction of sp³-hybridized carbons (Fsp3) is 0.333. The van der Waals surface area contributed by atoms with Gasteiger partial charge in [-0.1, -0.05) is 53.7 Å². The van der Waals surface area contributed by atoms with Crippen LogP contribution in [0.4, 0.5) is 0 Å². The number of carbonyl (C=O) groups excluding carboxylic acids is 1. The van der Waals surface area contributed by atoms with Crippen LogP contribution in [0.3, 0.4) is 0 Å². The molecule has 1 fully saturated rings. The topological polar surface area (TPSA) is 70.6 Å². The molecule has 2 aromatic rings. The summed E-state index contributed by atoms with van der Waals surface area (Å²) in [7, 11) is -3.38. The van der Waals surface area contributed by atoms with E-state index in [4.69, 9.17) is 11.6 Å². The van der Waals surface area contributed by atoms with Crippen molar-refractivity contribution < 1.29 is 13.2 Å². The minimum absolute atomic E-state index is 0.0180. The van der Waals surface area contributed by atoms with Crippen molar-refractivity contribution in [1.82, 2.24) is 14.2 Å². The van der Waals surface area contributed by atoms with Crippen LogP contribution in [0.2, 0.25) is 5.02 Å². The SMILES string of the molecule is O=C(CSc1ncccc1Cl)N1CCN(S(=O)(=O)Cc2ccccc2)CC1. The van der Waals surface area contributed by atoms with Gasteiger partial charge in [-0.05, 0) is 17.7 Å². The Bertz CT molecular complexity index is 886. The van der Waals surface area contributed by atoms with Crippen molar-refractivity contribution in [2.24, 2.45) is 0 Å². The summed E-state index contributed by atoms with van der Waals surface area (Å²) in [5.41, 5.74) is 0.764. The highest BCUT2D eigenvalue weighted by Gasteiger charge is 2.28. The molecule has 1 aliphatic heterocycles. The van der Waals surface area contributed by atoms with Gasteiger partial charge < -0.3 is 4.90 Å². The first-order chi connectivity index (χ1) is 13.0. The number of hydrogen-bond donors (Lipinski definition) is 0. The number of aromatic nitrogens is 1. The van der Waals surface area contributed by atoms with Crippen LogP contribution in [0.25, 0.3) is 0 Å². The molecule has 1 amide bonds. The highest BCUT2D eigenvalue weighted by atomic mass is 35.5. The van der Waals surface area contributed by atoms with E-state index in [2.05, 4.69) is 4.98 Å². The fourth-order valence-corrected chi connectivity index (χ4v) is 5.38. The van der Waals surface area contributed by atoms with Gasteiger partial charge in [0.05, 0.1) is 16.5 Å². The Labute approximate surface area is 168 Å². The minimum Gasteiger partial charge on any atom is -0.339 e. The number of pyridine rings is 1. The minimum atomic E-state index is -3.38. The highest BCUT2D eigenvalue weighted by molar-refractivity contribution is 8.00. The summed E-state index contributed by atoms with van der Waals surface area (Å²) < 4.78 is 26.6. The molecule has 144 valence electrons. The molecule has 0 aliphatic carbocycles. The molecule has 27 heavy (non-hydrogen) atoms. The maximum absolute atomic E-state index is 12.6. The van der Waals surface area contributed by atoms with E-state index in [9.17, 15) is 13.2 Å². The summed E-state index contributed by atoms with van der Waals surface area (Å²) in [6.07, 6.45) is 1.63. The third-order valence-electron chi connectivity index (χ3n) is 4.23. The molecule has 2 heterocycles. The predicted molar refractivity (Wildman–Crippen MR) is 107 cm³/mol. The Morgan fingerprint density at radius 1 is 1.07 bits per heavy atom. The van der Waals surface area contributed by atoms with Crippen LogP contribution in [0.1, 0.15) is 5.56 Å². The lowest BCUT2D eigenvalue weighted by Crippen LogP contribution is -2.51. The average molecular weight is 426 g/mol. The summed E-state index contributed by atoms with van der Waals surface area (Å²) in [4.78, 5) is 18.2. The monoisotopic (exact) mass is 425 g/mol. The zero-order valence-corrected chi connectivity index (χ0v) is 17.0. The van der Waals surface area contributed by atoms with Crippen molar-refractivity contribution in [3.05, 3.63) is 59.2 Å². The average Bonchev–Trinajstić information content (AvgIpc) is 2.68. The molecule has 3 rings (SSSR count). The summed E-state index contributed by atoms with van der Waals surface area (Å²) in [5, 5.41) is 1.14. The smallest absolute Gasteiger partial charge is 0.233 e. The standard InChI is InChI=1S/C18H20ClN3O3S2/c19-16-7-4-8-20-18(16)26-13-17(23)21-9-11-22(12-10-21)27(24,25)14-15-5-2-1-3-6-15/h1-8H,9-14H2. The summed E-state index contributed by atoms with van der Waals surface area (Å²) in [6, 6.07) is 12.6. The van der Waals surface area contributed by atoms with Gasteiger partial charge in [0.15, 0.2) is 0 Å². The number of thioether (sulfide) groups is 1. The Balaban J connectivity index is 1.50. The number of benzene rings is 1. The number of nitrogens with zero attached hydrogens (tertiary/aromatic N) is 3. The molecule has 1 saturated heterocycles. The lowest BCUT2D eigenvalue weighted by molar-refractivity contribution is -0.129. The molecule has 0 N–H and O–H groups in total. The van der Waals surface area contributed by atoms with Gasteiger partial charge in [0, 0.05) is 32.4 Å². The Kier molecular flexibility index (Phi) is 6.75. The van der Waals surface area contributed by atoms with E-state index in [1.165, 1.54) is 16.1 Å². The summed E-state index contributed by atoms with van der Waals surface area (Å²) in [6.45, 7) is 1.42. The summed E-state index contributed by atoms with van der Waals surface area (Å²) >= 11 is 7.34. The molecule has 1 aromatic heterocycles. The maximum atomic E-state index is 12.6. The lowest BCUT2D eigenvalue weighted by atomic mass is 10.2. The highest BCUT2D eigenvalue weighted by Crippen LogP contribution is 2.24. The third-order valence-corrected chi connectivity index (χ3v) is 7.49. The van der Waals surface area contributed by atoms with E-state index >= 15 is 0 Å². The molecule has 0 spiro atoms. The molecule has 0 unspecified atom stereocenters. The van der Waals surface area contributed by atoms with Gasteiger partial charge in [0.1, 0.15) is 5.03 Å². The maximum Gasteiger partial charge on any atom is 0.233 e. The van der Waals surface area contributed by atoms with Gasteiger partial charge in [-0.3, -0.25) is 4.79 Å². The first-order valence-corrected chi connectivity index (χ1v) is 11.5. The van der Waals surface area contributed by atoms with E-state index in [0.29, 0.717) is 36.2 Å². The zero-order chi connectivity index (χ0) is 19.3. The molecule has 0 saturated carbocycles. The summed E-state index contributed by atoms with van der Waals surface area (Å²) in [5.74, 6) is 0.172. The molecule has 1 aromatic carbocycles. The van der Waals surface area contributed by atoms with Crippen LogP contribution < -0.4 is 0 Å². The number of halogens is 1. The third kappa shape index (κ3) is 5.44. The molecule has 0 atom stereocenters. The quantitative estimate of drug-likeness (QED) is 0.665. The van der Waals surface area contributed by atoms with Gasteiger partial charge in [-0.2, -0.15) is 4.31 Å². The largest absolute Gasteiger partial charge is 0.339 e. The van der Waals surface area contributed by atoms with E-state index in [-0.39, 0.29) is 17.4 Å². The molecule has 6 nitrogen and oxygen atoms in total. The number of hydrogen-bond acceptors (Lipinski definition) is 5. The van der Waals surface area contributed by atoms with E-state index < -0.39 is 10.0 Å². The van der Waals surface area contributed by atoms with Crippen molar-refractivity contribution in [3.8, 4) is 0 Å². The Morgan fingerprint density at radius 2 is 1.78 bits per heavy atom. The molecule has 0 radical (unpaired) electrons. The fourth-order valence-electron chi connectivity index (χ4n) is 2.79. The zero-order valence-electron chi connectivity index (χ0n) is 14.6.